The van der Waals surface area contributed by atoms with Crippen molar-refractivity contribution >= 4 is 22.7 Å². The zero-order chi connectivity index (χ0) is 25.3. The van der Waals surface area contributed by atoms with Gasteiger partial charge >= 0.3 is 0 Å². The summed E-state index contributed by atoms with van der Waals surface area (Å²) in [6.07, 6.45) is 4.83. The first-order valence-electron chi connectivity index (χ1n) is 11.1. The third kappa shape index (κ3) is 4.52. The largest absolute Gasteiger partial charge is 0.481 e. The molecule has 1 aromatic carbocycles. The van der Waals surface area contributed by atoms with Gasteiger partial charge in [0.2, 0.25) is 5.88 Å². The van der Waals surface area contributed by atoms with Crippen molar-refractivity contribution in [3.63, 3.8) is 0 Å². The highest BCUT2D eigenvalue weighted by atomic mass is 19.1. The average molecular weight is 495 g/mol. The number of pyridine rings is 2. The van der Waals surface area contributed by atoms with Gasteiger partial charge in [-0.15, -0.1) is 0 Å². The summed E-state index contributed by atoms with van der Waals surface area (Å²) in [7, 11) is 1.52. The minimum atomic E-state index is -0.915. The van der Waals surface area contributed by atoms with Crippen LogP contribution in [0.3, 0.4) is 0 Å². The normalized spacial score (nSPS) is 17.4. The van der Waals surface area contributed by atoms with Crippen LogP contribution in [-0.2, 0) is 4.74 Å². The Morgan fingerprint density at radius 1 is 1.19 bits per heavy atom. The SMILES string of the molecule is COc1ccc(-c2c[nH]c3nccc(Oc4c(F)cc(NC5=NCC(C)(CO)CO5)cc4F)c23)cn1. The Kier molecular flexibility index (Phi) is 6.15. The smallest absolute Gasteiger partial charge is 0.289 e. The number of benzene rings is 1. The maximum absolute atomic E-state index is 15.0. The zero-order valence-corrected chi connectivity index (χ0v) is 19.5. The van der Waals surface area contributed by atoms with Gasteiger partial charge in [0.25, 0.3) is 6.02 Å². The summed E-state index contributed by atoms with van der Waals surface area (Å²) in [5, 5.41) is 12.7. The Balaban J connectivity index is 1.43. The van der Waals surface area contributed by atoms with E-state index >= 15 is 0 Å². The van der Waals surface area contributed by atoms with Crippen molar-refractivity contribution in [3.8, 4) is 28.5 Å². The number of hydrogen-bond donors (Lipinski definition) is 3. The van der Waals surface area contributed by atoms with Crippen LogP contribution < -0.4 is 14.8 Å². The van der Waals surface area contributed by atoms with Gasteiger partial charge in [-0.1, -0.05) is 6.92 Å². The van der Waals surface area contributed by atoms with E-state index in [1.54, 1.807) is 18.5 Å². The number of anilines is 1. The molecule has 0 amide bonds. The molecule has 0 fully saturated rings. The van der Waals surface area contributed by atoms with Gasteiger partial charge in [-0.25, -0.2) is 23.7 Å². The molecule has 1 aliphatic heterocycles. The number of nitrogens with one attached hydrogen (secondary N) is 2. The fourth-order valence-electron chi connectivity index (χ4n) is 3.73. The number of methoxy groups -OCH3 is 1. The van der Waals surface area contributed by atoms with Crippen LogP contribution in [-0.4, -0.2) is 52.9 Å². The van der Waals surface area contributed by atoms with Crippen molar-refractivity contribution in [1.29, 1.82) is 0 Å². The Morgan fingerprint density at radius 2 is 2.00 bits per heavy atom. The molecule has 0 spiro atoms. The van der Waals surface area contributed by atoms with Gasteiger partial charge in [-0.05, 0) is 12.1 Å². The van der Waals surface area contributed by atoms with Gasteiger partial charge in [0.1, 0.15) is 18.0 Å². The minimum absolute atomic E-state index is 0.0841. The molecule has 9 nitrogen and oxygen atoms in total. The summed E-state index contributed by atoms with van der Waals surface area (Å²) in [5.74, 6) is -1.72. The predicted octanol–water partition coefficient (Wildman–Crippen LogP) is 4.50. The quantitative estimate of drug-likeness (QED) is 0.361. The van der Waals surface area contributed by atoms with Crippen molar-refractivity contribution in [3.05, 3.63) is 60.6 Å². The number of rotatable bonds is 6. The van der Waals surface area contributed by atoms with Crippen LogP contribution in [0.4, 0.5) is 14.5 Å². The number of ether oxygens (including phenoxy) is 3. The van der Waals surface area contributed by atoms with E-state index in [9.17, 15) is 13.9 Å². The molecule has 0 saturated heterocycles. The topological polar surface area (TPSA) is 114 Å². The number of amidine groups is 1. The van der Waals surface area contributed by atoms with E-state index < -0.39 is 22.8 Å². The first-order chi connectivity index (χ1) is 17.4. The first-order valence-corrected chi connectivity index (χ1v) is 11.1. The van der Waals surface area contributed by atoms with Crippen LogP contribution in [0.1, 0.15) is 6.92 Å². The van der Waals surface area contributed by atoms with E-state index in [4.69, 9.17) is 14.2 Å². The molecule has 3 N–H and O–H groups in total. The number of H-pyrrole nitrogens is 1. The molecule has 4 heterocycles. The van der Waals surface area contributed by atoms with Crippen molar-refractivity contribution in [1.82, 2.24) is 15.0 Å². The molecule has 186 valence electrons. The Hall–Kier alpha value is -4.25. The number of nitrogens with zero attached hydrogens (tertiary/aromatic N) is 3. The molecule has 1 atom stereocenters. The molecule has 4 aromatic rings. The fraction of sp³-hybridized carbons (Fsp3) is 0.240. The van der Waals surface area contributed by atoms with Gasteiger partial charge in [0, 0.05) is 59.0 Å². The number of aromatic amines is 1. The summed E-state index contributed by atoms with van der Waals surface area (Å²) in [6, 6.07) is 7.35. The summed E-state index contributed by atoms with van der Waals surface area (Å²) in [6.45, 7) is 2.29. The minimum Gasteiger partial charge on any atom is -0.481 e. The maximum atomic E-state index is 15.0. The molecule has 0 bridgehead atoms. The number of aromatic nitrogens is 3. The average Bonchev–Trinajstić information content (AvgIpc) is 3.33. The van der Waals surface area contributed by atoms with E-state index in [1.165, 1.54) is 19.4 Å². The standard InChI is InChI=1S/C25H23F2N5O4/c1-25(12-33)11-31-24(35-13-25)32-15-7-17(26)22(18(27)8-15)36-19-5-6-28-23-21(19)16(10-30-23)14-3-4-20(34-2)29-9-14/h3-10,33H,11-13H2,1-2H3,(H,28,30)(H,31,32). The van der Waals surface area contributed by atoms with E-state index in [0.29, 0.717) is 29.0 Å². The molecule has 5 rings (SSSR count). The van der Waals surface area contributed by atoms with Crippen LogP contribution in [0, 0.1) is 17.0 Å². The Morgan fingerprint density at radius 3 is 2.64 bits per heavy atom. The van der Waals surface area contributed by atoms with E-state index in [2.05, 4.69) is 25.3 Å². The Bertz CT molecular complexity index is 1420. The molecular formula is C25H23F2N5O4. The lowest BCUT2D eigenvalue weighted by molar-refractivity contribution is 0.0706. The van der Waals surface area contributed by atoms with Gasteiger partial charge in [0.15, 0.2) is 17.4 Å². The molecule has 0 saturated carbocycles. The Labute approximate surface area is 204 Å². The first kappa shape index (κ1) is 23.5. The van der Waals surface area contributed by atoms with Crippen molar-refractivity contribution in [2.75, 3.05) is 32.2 Å². The maximum Gasteiger partial charge on any atom is 0.289 e. The van der Waals surface area contributed by atoms with Gasteiger partial charge in [-0.3, -0.25) is 0 Å². The van der Waals surface area contributed by atoms with Crippen LogP contribution in [0.2, 0.25) is 0 Å². The van der Waals surface area contributed by atoms with Crippen molar-refractivity contribution in [2.24, 2.45) is 10.4 Å². The molecule has 0 radical (unpaired) electrons. The second-order valence-electron chi connectivity index (χ2n) is 8.70. The van der Waals surface area contributed by atoms with E-state index in [1.807, 2.05) is 13.0 Å². The van der Waals surface area contributed by atoms with Gasteiger partial charge < -0.3 is 29.6 Å². The molecule has 36 heavy (non-hydrogen) atoms. The lowest BCUT2D eigenvalue weighted by Crippen LogP contribution is -2.38. The number of halogens is 2. The second-order valence-corrected chi connectivity index (χ2v) is 8.70. The zero-order valence-electron chi connectivity index (χ0n) is 19.5. The predicted molar refractivity (Wildman–Crippen MR) is 129 cm³/mol. The summed E-state index contributed by atoms with van der Waals surface area (Å²) >= 11 is 0. The molecule has 0 aliphatic carbocycles. The van der Waals surface area contributed by atoms with Crippen LogP contribution in [0.5, 0.6) is 17.4 Å². The lowest BCUT2D eigenvalue weighted by Gasteiger charge is -2.30. The van der Waals surface area contributed by atoms with Crippen LogP contribution >= 0.6 is 0 Å². The molecule has 3 aromatic heterocycles. The van der Waals surface area contributed by atoms with Crippen LogP contribution in [0.15, 0.2) is 53.9 Å². The van der Waals surface area contributed by atoms with Gasteiger partial charge in [-0.2, -0.15) is 0 Å². The number of hydrogen-bond acceptors (Lipinski definition) is 8. The third-order valence-corrected chi connectivity index (χ3v) is 5.80. The molecule has 11 heteroatoms. The molecule has 1 aliphatic rings. The van der Waals surface area contributed by atoms with Crippen LogP contribution in [0.25, 0.3) is 22.2 Å². The number of aliphatic hydroxyl groups excluding tert-OH is 1. The van der Waals surface area contributed by atoms with Gasteiger partial charge in [0.05, 0.1) is 25.6 Å². The number of aliphatic hydroxyl groups is 1. The second kappa shape index (κ2) is 9.42. The molecule has 1 unspecified atom stereocenters. The van der Waals surface area contributed by atoms with Crippen molar-refractivity contribution < 1.29 is 28.1 Å². The van der Waals surface area contributed by atoms with Crippen molar-refractivity contribution in [2.45, 2.75) is 6.92 Å². The summed E-state index contributed by atoms with van der Waals surface area (Å²) in [5.41, 5.74) is 1.54. The highest BCUT2D eigenvalue weighted by Crippen LogP contribution is 2.38. The number of aliphatic imine (C=N–C) groups is 1. The summed E-state index contributed by atoms with van der Waals surface area (Å²) in [4.78, 5) is 15.7. The molecular weight excluding hydrogens is 472 g/mol. The lowest BCUT2D eigenvalue weighted by atomic mass is 9.93. The summed E-state index contributed by atoms with van der Waals surface area (Å²) < 4.78 is 46.3. The van der Waals surface area contributed by atoms with E-state index in [-0.39, 0.29) is 30.7 Å². The third-order valence-electron chi connectivity index (χ3n) is 5.80. The highest BCUT2D eigenvalue weighted by Gasteiger charge is 2.29. The number of fused-ring (bicyclic) bond motifs is 1. The fourth-order valence-corrected chi connectivity index (χ4v) is 3.73. The highest BCUT2D eigenvalue weighted by molar-refractivity contribution is 5.98. The monoisotopic (exact) mass is 495 g/mol. The van der Waals surface area contributed by atoms with E-state index in [0.717, 1.165) is 17.7 Å².